The lowest BCUT2D eigenvalue weighted by Crippen LogP contribution is -2.23. The highest BCUT2D eigenvalue weighted by Gasteiger charge is 2.14. The van der Waals surface area contributed by atoms with Crippen molar-refractivity contribution in [2.45, 2.75) is 26.5 Å². The first kappa shape index (κ1) is 17.0. The van der Waals surface area contributed by atoms with Gasteiger partial charge in [-0.3, -0.25) is 4.98 Å². The Kier molecular flexibility index (Phi) is 4.87. The van der Waals surface area contributed by atoms with E-state index in [2.05, 4.69) is 33.5 Å². The Morgan fingerprint density at radius 2 is 2.04 bits per heavy atom. The van der Waals surface area contributed by atoms with Crippen LogP contribution in [0.3, 0.4) is 0 Å². The van der Waals surface area contributed by atoms with Gasteiger partial charge in [0.1, 0.15) is 23.2 Å². The summed E-state index contributed by atoms with van der Waals surface area (Å²) in [7, 11) is 0. The predicted molar refractivity (Wildman–Crippen MR) is 103 cm³/mol. The second-order valence-corrected chi connectivity index (χ2v) is 6.89. The third kappa shape index (κ3) is 3.71. The van der Waals surface area contributed by atoms with Crippen LogP contribution in [-0.4, -0.2) is 16.5 Å². The van der Waals surface area contributed by atoms with Crippen molar-refractivity contribution in [3.8, 4) is 17.0 Å². The maximum absolute atomic E-state index is 6.16. The minimum absolute atomic E-state index is 0.393. The first-order chi connectivity index (χ1) is 12.7. The molecule has 1 aliphatic heterocycles. The van der Waals surface area contributed by atoms with Crippen molar-refractivity contribution in [3.63, 3.8) is 0 Å². The normalized spacial score (nSPS) is 13.3. The molecule has 0 radical (unpaired) electrons. The number of rotatable bonds is 4. The van der Waals surface area contributed by atoms with Gasteiger partial charge < -0.3 is 10.1 Å². The van der Waals surface area contributed by atoms with Gasteiger partial charge in [-0.25, -0.2) is 4.98 Å². The molecule has 132 valence electrons. The van der Waals surface area contributed by atoms with Crippen LogP contribution in [0.1, 0.15) is 22.4 Å². The van der Waals surface area contributed by atoms with E-state index in [9.17, 15) is 0 Å². The minimum atomic E-state index is 0.393. The number of hydrogen-bond donors (Lipinski definition) is 1. The molecule has 2 aromatic heterocycles. The predicted octanol–water partition coefficient (Wildman–Crippen LogP) is 4.33. The summed E-state index contributed by atoms with van der Waals surface area (Å²) in [5.41, 5.74) is 6.53. The van der Waals surface area contributed by atoms with Crippen LogP contribution >= 0.6 is 11.6 Å². The third-order valence-electron chi connectivity index (χ3n) is 4.54. The largest absolute Gasteiger partial charge is 0.485 e. The van der Waals surface area contributed by atoms with Crippen LogP contribution in [0.15, 0.2) is 48.7 Å². The molecular formula is C21H20ClN3O. The van der Waals surface area contributed by atoms with Crippen LogP contribution in [-0.2, 0) is 19.6 Å². The van der Waals surface area contributed by atoms with E-state index in [1.165, 1.54) is 11.1 Å². The van der Waals surface area contributed by atoms with E-state index in [1.807, 2.05) is 25.1 Å². The first-order valence-corrected chi connectivity index (χ1v) is 9.10. The molecule has 0 amide bonds. The van der Waals surface area contributed by atoms with Gasteiger partial charge >= 0.3 is 0 Å². The number of ether oxygens (including phenoxy) is 1. The summed E-state index contributed by atoms with van der Waals surface area (Å²) in [5, 5.41) is 3.87. The van der Waals surface area contributed by atoms with E-state index in [0.29, 0.717) is 17.5 Å². The maximum Gasteiger partial charge on any atom is 0.146 e. The highest BCUT2D eigenvalue weighted by atomic mass is 35.5. The van der Waals surface area contributed by atoms with Crippen molar-refractivity contribution in [1.82, 2.24) is 15.3 Å². The zero-order valence-corrected chi connectivity index (χ0v) is 15.4. The molecule has 5 heteroatoms. The fourth-order valence-corrected chi connectivity index (χ4v) is 3.35. The van der Waals surface area contributed by atoms with Crippen LogP contribution in [0.2, 0.25) is 5.15 Å². The Morgan fingerprint density at radius 3 is 2.92 bits per heavy atom. The van der Waals surface area contributed by atoms with Gasteiger partial charge in [0.2, 0.25) is 0 Å². The SMILES string of the molecule is Cc1ccnc(COc2ccc(Cl)nc2-c2ccc3c(c2)CNCC3)c1. The van der Waals surface area contributed by atoms with Gasteiger partial charge in [-0.2, -0.15) is 0 Å². The van der Waals surface area contributed by atoms with E-state index in [-0.39, 0.29) is 0 Å². The zero-order chi connectivity index (χ0) is 17.9. The summed E-state index contributed by atoms with van der Waals surface area (Å²) >= 11 is 6.16. The molecule has 1 aromatic carbocycles. The molecule has 0 aliphatic carbocycles. The molecular weight excluding hydrogens is 346 g/mol. The van der Waals surface area contributed by atoms with Gasteiger partial charge in [-0.1, -0.05) is 23.7 Å². The molecule has 3 aromatic rings. The third-order valence-corrected chi connectivity index (χ3v) is 4.75. The van der Waals surface area contributed by atoms with E-state index >= 15 is 0 Å². The summed E-state index contributed by atoms with van der Waals surface area (Å²) in [5.74, 6) is 0.710. The van der Waals surface area contributed by atoms with E-state index in [4.69, 9.17) is 16.3 Å². The number of benzene rings is 1. The first-order valence-electron chi connectivity index (χ1n) is 8.73. The summed E-state index contributed by atoms with van der Waals surface area (Å²) in [6.45, 7) is 4.35. The van der Waals surface area contributed by atoms with Gasteiger partial charge in [-0.05, 0) is 66.9 Å². The van der Waals surface area contributed by atoms with Crippen LogP contribution in [0, 0.1) is 6.92 Å². The van der Waals surface area contributed by atoms with Gasteiger partial charge in [0, 0.05) is 18.3 Å². The maximum atomic E-state index is 6.16. The quantitative estimate of drug-likeness (QED) is 0.699. The van der Waals surface area contributed by atoms with Crippen LogP contribution in [0.25, 0.3) is 11.3 Å². The van der Waals surface area contributed by atoms with E-state index in [0.717, 1.165) is 42.0 Å². The van der Waals surface area contributed by atoms with Gasteiger partial charge in [0.25, 0.3) is 0 Å². The Morgan fingerprint density at radius 1 is 1.12 bits per heavy atom. The zero-order valence-electron chi connectivity index (χ0n) is 14.6. The smallest absolute Gasteiger partial charge is 0.146 e. The molecule has 0 fully saturated rings. The lowest BCUT2D eigenvalue weighted by molar-refractivity contribution is 0.301. The van der Waals surface area contributed by atoms with Crippen molar-refractivity contribution in [1.29, 1.82) is 0 Å². The van der Waals surface area contributed by atoms with Crippen LogP contribution in [0.4, 0.5) is 0 Å². The average molecular weight is 366 g/mol. The Bertz CT molecular complexity index is 942. The highest BCUT2D eigenvalue weighted by Crippen LogP contribution is 2.32. The number of hydrogen-bond acceptors (Lipinski definition) is 4. The second-order valence-electron chi connectivity index (χ2n) is 6.50. The molecule has 3 heterocycles. The van der Waals surface area contributed by atoms with Gasteiger partial charge in [0.05, 0.1) is 5.69 Å². The average Bonchev–Trinajstić information content (AvgIpc) is 2.66. The van der Waals surface area contributed by atoms with Crippen molar-refractivity contribution < 1.29 is 4.74 Å². The molecule has 0 saturated heterocycles. The lowest BCUT2D eigenvalue weighted by Gasteiger charge is -2.18. The Labute approximate surface area is 158 Å². The summed E-state index contributed by atoms with van der Waals surface area (Å²) in [6, 6.07) is 14.1. The molecule has 0 saturated carbocycles. The summed E-state index contributed by atoms with van der Waals surface area (Å²) in [4.78, 5) is 8.87. The van der Waals surface area contributed by atoms with Crippen LogP contribution < -0.4 is 10.1 Å². The van der Waals surface area contributed by atoms with Gasteiger partial charge in [0.15, 0.2) is 0 Å². The van der Waals surface area contributed by atoms with Gasteiger partial charge in [-0.15, -0.1) is 0 Å². The second kappa shape index (κ2) is 7.44. The number of nitrogens with one attached hydrogen (secondary N) is 1. The molecule has 1 aliphatic rings. The molecule has 4 rings (SSSR count). The van der Waals surface area contributed by atoms with Crippen molar-refractivity contribution in [2.24, 2.45) is 0 Å². The molecule has 0 unspecified atom stereocenters. The van der Waals surface area contributed by atoms with E-state index in [1.54, 1.807) is 12.3 Å². The lowest BCUT2D eigenvalue weighted by atomic mass is 9.97. The number of fused-ring (bicyclic) bond motifs is 1. The molecule has 1 N–H and O–H groups in total. The number of aromatic nitrogens is 2. The van der Waals surface area contributed by atoms with Crippen molar-refractivity contribution in [2.75, 3.05) is 6.54 Å². The Hall–Kier alpha value is -2.43. The summed E-state index contributed by atoms with van der Waals surface area (Å²) in [6.07, 6.45) is 2.85. The number of nitrogens with zero attached hydrogens (tertiary/aromatic N) is 2. The molecule has 0 atom stereocenters. The molecule has 26 heavy (non-hydrogen) atoms. The summed E-state index contributed by atoms with van der Waals surface area (Å²) < 4.78 is 6.03. The molecule has 4 nitrogen and oxygen atoms in total. The fraction of sp³-hybridized carbons (Fsp3) is 0.238. The van der Waals surface area contributed by atoms with Crippen LogP contribution in [0.5, 0.6) is 5.75 Å². The number of pyridine rings is 2. The van der Waals surface area contributed by atoms with E-state index < -0.39 is 0 Å². The van der Waals surface area contributed by atoms with Crippen molar-refractivity contribution in [3.05, 3.63) is 76.2 Å². The standard InChI is InChI=1S/C21H20ClN3O/c1-14-6-9-24-18(10-14)13-26-19-4-5-20(22)25-21(19)16-3-2-15-7-8-23-12-17(15)11-16/h2-6,9-11,23H,7-8,12-13H2,1H3. The van der Waals surface area contributed by atoms with Crippen molar-refractivity contribution >= 4 is 11.6 Å². The molecule has 0 spiro atoms. The number of halogens is 1. The fourth-order valence-electron chi connectivity index (χ4n) is 3.20. The minimum Gasteiger partial charge on any atom is -0.485 e. The monoisotopic (exact) mass is 365 g/mol. The highest BCUT2D eigenvalue weighted by molar-refractivity contribution is 6.29. The topological polar surface area (TPSA) is 47.0 Å². The Balaban J connectivity index is 1.64. The molecule has 0 bridgehead atoms. The number of aryl methyl sites for hydroxylation is 1.